The van der Waals surface area contributed by atoms with Gasteiger partial charge in [0, 0.05) is 19.5 Å². The van der Waals surface area contributed by atoms with E-state index in [9.17, 15) is 15.0 Å². The Hall–Kier alpha value is -2.34. The van der Waals surface area contributed by atoms with Gasteiger partial charge in [0.15, 0.2) is 11.2 Å². The second-order valence-corrected chi connectivity index (χ2v) is 6.59. The smallest absolute Gasteiger partial charge is 0.280 e. The van der Waals surface area contributed by atoms with Gasteiger partial charge in [0.05, 0.1) is 32.3 Å². The van der Waals surface area contributed by atoms with Gasteiger partial charge in [-0.15, -0.1) is 0 Å². The van der Waals surface area contributed by atoms with Crippen molar-refractivity contribution in [3.63, 3.8) is 0 Å². The molecule has 2 saturated heterocycles. The quantitative estimate of drug-likeness (QED) is 0.463. The molecule has 0 spiro atoms. The standard InChI is InChI=1S/C16H22N6O5/c1-9(21-2-4-26-5-3-21)18-16-19-14-13(15(25)20-16)17-8-22(14)12-6-10(24)11(7-23)27-12/h8,10-12,23-24H,2-7H2,1H3,(H,19,20,25)/t10-,11+,12+/m0/s1. The molecule has 4 heterocycles. The summed E-state index contributed by atoms with van der Waals surface area (Å²) in [5.41, 5.74) is 0.0936. The van der Waals surface area contributed by atoms with Gasteiger partial charge in [0.25, 0.3) is 5.56 Å². The fraction of sp³-hybridized carbons (Fsp3) is 0.625. The van der Waals surface area contributed by atoms with Crippen LogP contribution < -0.4 is 5.56 Å². The molecule has 0 amide bonds. The predicted molar refractivity (Wildman–Crippen MR) is 94.9 cm³/mol. The molecular formula is C16H22N6O5. The van der Waals surface area contributed by atoms with E-state index in [-0.39, 0.29) is 24.5 Å². The van der Waals surface area contributed by atoms with Crippen LogP contribution in [0.1, 0.15) is 19.6 Å². The summed E-state index contributed by atoms with van der Waals surface area (Å²) >= 11 is 0. The highest BCUT2D eigenvalue weighted by atomic mass is 16.5. The van der Waals surface area contributed by atoms with Crippen molar-refractivity contribution >= 4 is 22.9 Å². The van der Waals surface area contributed by atoms with Crippen molar-refractivity contribution in [1.29, 1.82) is 0 Å². The van der Waals surface area contributed by atoms with Crippen LogP contribution in [0, 0.1) is 0 Å². The first kappa shape index (κ1) is 18.0. The summed E-state index contributed by atoms with van der Waals surface area (Å²) in [4.78, 5) is 30.0. The largest absolute Gasteiger partial charge is 0.394 e. The van der Waals surface area contributed by atoms with E-state index in [0.717, 1.165) is 18.9 Å². The number of aromatic nitrogens is 4. The molecule has 146 valence electrons. The Kier molecular flexibility index (Phi) is 4.91. The van der Waals surface area contributed by atoms with E-state index in [4.69, 9.17) is 9.47 Å². The Bertz CT molecular complexity index is 902. The number of aliphatic hydroxyl groups is 2. The highest BCUT2D eigenvalue weighted by Crippen LogP contribution is 2.30. The van der Waals surface area contributed by atoms with E-state index >= 15 is 0 Å². The summed E-state index contributed by atoms with van der Waals surface area (Å²) in [6.45, 7) is 4.31. The second-order valence-electron chi connectivity index (χ2n) is 6.59. The van der Waals surface area contributed by atoms with Gasteiger partial charge in [-0.3, -0.25) is 14.3 Å². The molecule has 0 radical (unpaired) electrons. The van der Waals surface area contributed by atoms with Crippen LogP contribution in [0.5, 0.6) is 0 Å². The number of hydrogen-bond acceptors (Lipinski definition) is 8. The Balaban J connectivity index is 1.67. The maximum absolute atomic E-state index is 12.4. The minimum Gasteiger partial charge on any atom is -0.394 e. The van der Waals surface area contributed by atoms with Crippen molar-refractivity contribution in [2.24, 2.45) is 4.99 Å². The molecule has 0 aliphatic carbocycles. The van der Waals surface area contributed by atoms with E-state index in [1.807, 2.05) is 6.92 Å². The zero-order valence-electron chi connectivity index (χ0n) is 14.9. The van der Waals surface area contributed by atoms with Crippen molar-refractivity contribution in [3.8, 4) is 0 Å². The van der Waals surface area contributed by atoms with Crippen LogP contribution in [0.4, 0.5) is 5.95 Å². The molecule has 2 aromatic heterocycles. The number of rotatable bonds is 3. The lowest BCUT2D eigenvalue weighted by Gasteiger charge is -2.28. The molecule has 0 aromatic carbocycles. The first-order chi connectivity index (χ1) is 13.1. The molecule has 2 fully saturated rings. The minimum atomic E-state index is -0.791. The van der Waals surface area contributed by atoms with Crippen LogP contribution >= 0.6 is 0 Å². The van der Waals surface area contributed by atoms with Crippen molar-refractivity contribution in [1.82, 2.24) is 24.4 Å². The van der Waals surface area contributed by atoms with Crippen molar-refractivity contribution in [2.75, 3.05) is 32.9 Å². The lowest BCUT2D eigenvalue weighted by molar-refractivity contribution is -0.0432. The summed E-state index contributed by atoms with van der Waals surface area (Å²) in [5.74, 6) is 0.912. The fourth-order valence-corrected chi connectivity index (χ4v) is 3.34. The maximum atomic E-state index is 12.4. The molecule has 2 aliphatic heterocycles. The van der Waals surface area contributed by atoms with Crippen molar-refractivity contribution in [3.05, 3.63) is 16.7 Å². The Morgan fingerprint density at radius 2 is 2.22 bits per heavy atom. The monoisotopic (exact) mass is 378 g/mol. The third kappa shape index (κ3) is 3.46. The third-order valence-electron chi connectivity index (χ3n) is 4.85. The van der Waals surface area contributed by atoms with Crippen LogP contribution in [0.2, 0.25) is 0 Å². The van der Waals surface area contributed by atoms with E-state index in [1.54, 1.807) is 4.57 Å². The molecule has 3 atom stereocenters. The summed E-state index contributed by atoms with van der Waals surface area (Å²) in [5, 5.41) is 19.2. The first-order valence-corrected chi connectivity index (χ1v) is 8.86. The maximum Gasteiger partial charge on any atom is 0.280 e. The molecule has 2 aromatic rings. The molecule has 0 unspecified atom stereocenters. The Morgan fingerprint density at radius 1 is 1.44 bits per heavy atom. The van der Waals surface area contributed by atoms with Crippen LogP contribution in [0.3, 0.4) is 0 Å². The number of nitrogens with one attached hydrogen (secondary N) is 1. The van der Waals surface area contributed by atoms with E-state index in [1.165, 1.54) is 6.33 Å². The number of aliphatic hydroxyl groups excluding tert-OH is 2. The average molecular weight is 378 g/mol. The first-order valence-electron chi connectivity index (χ1n) is 8.86. The Morgan fingerprint density at radius 3 is 2.93 bits per heavy atom. The predicted octanol–water partition coefficient (Wildman–Crippen LogP) is -0.858. The normalized spacial score (nSPS) is 26.9. The second kappa shape index (κ2) is 7.35. The van der Waals surface area contributed by atoms with E-state index in [0.29, 0.717) is 18.9 Å². The lowest BCUT2D eigenvalue weighted by Crippen LogP contribution is -2.39. The molecule has 2 aliphatic rings. The molecule has 3 N–H and O–H groups in total. The van der Waals surface area contributed by atoms with Crippen LogP contribution in [-0.2, 0) is 9.47 Å². The number of imidazole rings is 1. The van der Waals surface area contributed by atoms with Crippen LogP contribution in [-0.4, -0.2) is 85.6 Å². The third-order valence-corrected chi connectivity index (χ3v) is 4.85. The number of aromatic amines is 1. The Labute approximate surface area is 154 Å². The van der Waals surface area contributed by atoms with Gasteiger partial charge in [-0.05, 0) is 6.92 Å². The van der Waals surface area contributed by atoms with Crippen LogP contribution in [0.25, 0.3) is 11.2 Å². The molecular weight excluding hydrogens is 356 g/mol. The number of ether oxygens (including phenoxy) is 2. The summed E-state index contributed by atoms with van der Waals surface area (Å²) < 4.78 is 12.6. The van der Waals surface area contributed by atoms with Gasteiger partial charge in [0.2, 0.25) is 5.95 Å². The van der Waals surface area contributed by atoms with Gasteiger partial charge in [-0.1, -0.05) is 0 Å². The number of H-pyrrole nitrogens is 1. The van der Waals surface area contributed by atoms with Crippen LogP contribution in [0.15, 0.2) is 16.1 Å². The number of hydrogen-bond donors (Lipinski definition) is 3. The summed E-state index contributed by atoms with van der Waals surface area (Å²) in [6, 6.07) is 0. The van der Waals surface area contributed by atoms with E-state index < -0.39 is 24.0 Å². The average Bonchev–Trinajstić information content (AvgIpc) is 3.25. The summed E-state index contributed by atoms with van der Waals surface area (Å²) in [7, 11) is 0. The van der Waals surface area contributed by atoms with Gasteiger partial charge in [0.1, 0.15) is 18.2 Å². The van der Waals surface area contributed by atoms with Crippen molar-refractivity contribution < 1.29 is 19.7 Å². The topological polar surface area (TPSA) is 138 Å². The molecule has 11 nitrogen and oxygen atoms in total. The lowest BCUT2D eigenvalue weighted by atomic mass is 10.2. The van der Waals surface area contributed by atoms with Gasteiger partial charge in [-0.2, -0.15) is 4.98 Å². The molecule has 27 heavy (non-hydrogen) atoms. The SMILES string of the molecule is CC(=Nc1nc2c(ncn2[C@H]2C[C@H](O)[C@@H](CO)O2)c(=O)[nH]1)N1CCOCC1. The molecule has 0 bridgehead atoms. The van der Waals surface area contributed by atoms with Gasteiger partial charge < -0.3 is 24.6 Å². The molecule has 11 heteroatoms. The number of morpholine rings is 1. The highest BCUT2D eigenvalue weighted by molar-refractivity contribution is 5.82. The van der Waals surface area contributed by atoms with Gasteiger partial charge in [-0.25, -0.2) is 9.98 Å². The summed E-state index contributed by atoms with van der Waals surface area (Å²) in [6.07, 6.45) is -0.298. The molecule has 4 rings (SSSR count). The van der Waals surface area contributed by atoms with Crippen molar-refractivity contribution in [2.45, 2.75) is 31.8 Å². The number of amidine groups is 1. The molecule has 0 saturated carbocycles. The number of aliphatic imine (C=N–C) groups is 1. The van der Waals surface area contributed by atoms with E-state index in [2.05, 4.69) is 24.8 Å². The highest BCUT2D eigenvalue weighted by Gasteiger charge is 2.35. The van der Waals surface area contributed by atoms with Gasteiger partial charge >= 0.3 is 0 Å². The minimum absolute atomic E-state index is 0.170. The number of nitrogens with zero attached hydrogens (tertiary/aromatic N) is 5. The zero-order chi connectivity index (χ0) is 19.0. The zero-order valence-corrected chi connectivity index (χ0v) is 14.9. The number of fused-ring (bicyclic) bond motifs is 1. The fourth-order valence-electron chi connectivity index (χ4n) is 3.34.